The summed E-state index contributed by atoms with van der Waals surface area (Å²) in [7, 11) is 0. The summed E-state index contributed by atoms with van der Waals surface area (Å²) in [5, 5.41) is 18.7. The number of thioether (sulfide) groups is 1. The Balaban J connectivity index is 2.74. The molecule has 1 aromatic heterocycles. The van der Waals surface area contributed by atoms with E-state index in [1.807, 2.05) is 13.8 Å². The molecule has 0 aliphatic rings. The van der Waals surface area contributed by atoms with E-state index in [0.717, 1.165) is 18.6 Å². The van der Waals surface area contributed by atoms with Gasteiger partial charge in [0.1, 0.15) is 16.4 Å². The summed E-state index contributed by atoms with van der Waals surface area (Å²) in [5.74, 6) is 0.316. The third-order valence-corrected chi connectivity index (χ3v) is 3.93. The van der Waals surface area contributed by atoms with E-state index >= 15 is 0 Å². The Labute approximate surface area is 123 Å². The number of carboxylic acids is 1. The van der Waals surface area contributed by atoms with E-state index in [1.165, 1.54) is 11.8 Å². The summed E-state index contributed by atoms with van der Waals surface area (Å²) in [6.45, 7) is 7.24. The maximum atomic E-state index is 11.3. The van der Waals surface area contributed by atoms with Crippen molar-refractivity contribution >= 4 is 17.7 Å². The highest BCUT2D eigenvalue weighted by atomic mass is 32.2. The number of carbonyl (C=O) groups is 1. The Morgan fingerprint density at radius 2 is 2.05 bits per heavy atom. The van der Waals surface area contributed by atoms with Crippen molar-refractivity contribution in [2.75, 3.05) is 5.75 Å². The van der Waals surface area contributed by atoms with Gasteiger partial charge in [-0.15, -0.1) is 11.8 Å². The first-order valence-corrected chi connectivity index (χ1v) is 7.38. The van der Waals surface area contributed by atoms with Crippen LogP contribution in [0, 0.1) is 30.6 Å². The average molecular weight is 293 g/mol. The molecule has 0 unspecified atom stereocenters. The highest BCUT2D eigenvalue weighted by molar-refractivity contribution is 7.99. The molecule has 108 valence electrons. The van der Waals surface area contributed by atoms with E-state index in [0.29, 0.717) is 16.5 Å². The number of aromatic nitrogens is 2. The van der Waals surface area contributed by atoms with Crippen molar-refractivity contribution in [3.05, 3.63) is 17.1 Å². The fourth-order valence-electron chi connectivity index (χ4n) is 1.77. The number of hydrogen-bond acceptors (Lipinski definition) is 5. The Morgan fingerprint density at radius 3 is 2.60 bits per heavy atom. The van der Waals surface area contributed by atoms with Gasteiger partial charge in [0.15, 0.2) is 0 Å². The quantitative estimate of drug-likeness (QED) is 0.492. The zero-order chi connectivity index (χ0) is 15.3. The summed E-state index contributed by atoms with van der Waals surface area (Å²) in [4.78, 5) is 19.6. The van der Waals surface area contributed by atoms with Gasteiger partial charge in [0.05, 0.1) is 17.2 Å². The van der Waals surface area contributed by atoms with Gasteiger partial charge >= 0.3 is 5.97 Å². The van der Waals surface area contributed by atoms with E-state index in [4.69, 9.17) is 5.26 Å². The van der Waals surface area contributed by atoms with Crippen LogP contribution >= 0.6 is 11.8 Å². The molecule has 6 heteroatoms. The molecule has 1 aromatic rings. The lowest BCUT2D eigenvalue weighted by Gasteiger charge is -2.14. The molecule has 0 fully saturated rings. The topological polar surface area (TPSA) is 86.9 Å². The number of nitriles is 1. The molecule has 1 rings (SSSR count). The van der Waals surface area contributed by atoms with E-state index in [9.17, 15) is 9.90 Å². The Kier molecular flexibility index (Phi) is 5.52. The second kappa shape index (κ2) is 6.71. The van der Waals surface area contributed by atoms with E-state index < -0.39 is 5.97 Å². The normalized spacial score (nSPS) is 11.2. The maximum absolute atomic E-state index is 11.3. The minimum atomic E-state index is -0.998. The average Bonchev–Trinajstić information content (AvgIpc) is 2.33. The molecule has 0 bridgehead atoms. The first-order chi connectivity index (χ1) is 9.26. The molecular weight excluding hydrogens is 274 g/mol. The van der Waals surface area contributed by atoms with Gasteiger partial charge in [-0.2, -0.15) is 5.26 Å². The molecule has 20 heavy (non-hydrogen) atoms. The van der Waals surface area contributed by atoms with Crippen molar-refractivity contribution in [2.45, 2.75) is 45.6 Å². The Bertz CT molecular complexity index is 550. The van der Waals surface area contributed by atoms with Gasteiger partial charge in [-0.1, -0.05) is 0 Å². The van der Waals surface area contributed by atoms with Crippen LogP contribution in [0.15, 0.2) is 5.03 Å². The van der Waals surface area contributed by atoms with Crippen LogP contribution in [0.2, 0.25) is 0 Å². The predicted octanol–water partition coefficient (Wildman–Crippen LogP) is 3.21. The molecule has 0 atom stereocenters. The monoisotopic (exact) mass is 293 g/mol. The Morgan fingerprint density at radius 1 is 1.40 bits per heavy atom. The number of carboxylic acid groups (broad SMARTS) is 1. The summed E-state index contributed by atoms with van der Waals surface area (Å²) in [6.07, 6.45) is 1.62. The fourth-order valence-corrected chi connectivity index (χ4v) is 2.83. The number of rotatable bonds is 6. The second-order valence-corrected chi connectivity index (χ2v) is 6.37. The first-order valence-electron chi connectivity index (χ1n) is 6.39. The van der Waals surface area contributed by atoms with Crippen LogP contribution in [0.3, 0.4) is 0 Å². The maximum Gasteiger partial charge on any atom is 0.340 e. The molecule has 1 heterocycles. The minimum absolute atomic E-state index is 0.181. The van der Waals surface area contributed by atoms with Crippen LogP contribution < -0.4 is 0 Å². The molecule has 0 aromatic carbocycles. The van der Waals surface area contributed by atoms with Crippen LogP contribution in [-0.2, 0) is 0 Å². The van der Waals surface area contributed by atoms with Crippen molar-refractivity contribution in [2.24, 2.45) is 5.41 Å². The van der Waals surface area contributed by atoms with Gasteiger partial charge in [0.25, 0.3) is 0 Å². The van der Waals surface area contributed by atoms with E-state index in [1.54, 1.807) is 13.8 Å². The number of aryl methyl sites for hydroxylation is 2. The lowest BCUT2D eigenvalue weighted by molar-refractivity contribution is 0.0690. The van der Waals surface area contributed by atoms with Crippen LogP contribution in [0.1, 0.15) is 48.6 Å². The van der Waals surface area contributed by atoms with Crippen molar-refractivity contribution in [1.29, 1.82) is 5.26 Å². The molecule has 5 nitrogen and oxygen atoms in total. The van der Waals surface area contributed by atoms with Gasteiger partial charge in [-0.3, -0.25) is 0 Å². The SMILES string of the molecule is Cc1nc(C)c(C(=O)O)c(SCCCC(C)(C)C#N)n1. The molecular formula is C14H19N3O2S. The zero-order valence-corrected chi connectivity index (χ0v) is 13.0. The van der Waals surface area contributed by atoms with E-state index in [-0.39, 0.29) is 11.0 Å². The third kappa shape index (κ3) is 4.49. The van der Waals surface area contributed by atoms with Crippen molar-refractivity contribution in [1.82, 2.24) is 9.97 Å². The zero-order valence-electron chi connectivity index (χ0n) is 12.2. The lowest BCUT2D eigenvalue weighted by atomic mass is 9.90. The van der Waals surface area contributed by atoms with Gasteiger partial charge in [-0.25, -0.2) is 14.8 Å². The van der Waals surface area contributed by atoms with Crippen LogP contribution in [0.5, 0.6) is 0 Å². The number of aromatic carboxylic acids is 1. The van der Waals surface area contributed by atoms with Crippen molar-refractivity contribution in [3.8, 4) is 6.07 Å². The molecule has 0 saturated carbocycles. The minimum Gasteiger partial charge on any atom is -0.478 e. The van der Waals surface area contributed by atoms with Crippen LogP contribution in [0.25, 0.3) is 0 Å². The predicted molar refractivity (Wildman–Crippen MR) is 77.8 cm³/mol. The van der Waals surface area contributed by atoms with Gasteiger partial charge in [-0.05, 0) is 46.3 Å². The van der Waals surface area contributed by atoms with Crippen molar-refractivity contribution in [3.63, 3.8) is 0 Å². The first kappa shape index (κ1) is 16.4. The van der Waals surface area contributed by atoms with Crippen LogP contribution in [-0.4, -0.2) is 26.8 Å². The number of hydrogen-bond donors (Lipinski definition) is 1. The summed E-state index contributed by atoms with van der Waals surface area (Å²) in [5.41, 5.74) is 0.332. The standard InChI is InChI=1S/C14H19N3O2S/c1-9-11(13(18)19)12(17-10(2)16-9)20-7-5-6-14(3,4)8-15/h5-7H2,1-4H3,(H,18,19). The fraction of sp³-hybridized carbons (Fsp3) is 0.571. The summed E-state index contributed by atoms with van der Waals surface area (Å²) < 4.78 is 0. The summed E-state index contributed by atoms with van der Waals surface area (Å²) >= 11 is 1.41. The molecule has 0 radical (unpaired) electrons. The second-order valence-electron chi connectivity index (χ2n) is 5.29. The molecule has 0 saturated heterocycles. The molecule has 1 N–H and O–H groups in total. The number of nitrogens with zero attached hydrogens (tertiary/aromatic N) is 3. The molecule has 0 aliphatic carbocycles. The van der Waals surface area contributed by atoms with Crippen LogP contribution in [0.4, 0.5) is 0 Å². The highest BCUT2D eigenvalue weighted by Crippen LogP contribution is 2.27. The third-order valence-electron chi connectivity index (χ3n) is 2.87. The molecule has 0 spiro atoms. The van der Waals surface area contributed by atoms with Crippen molar-refractivity contribution < 1.29 is 9.90 Å². The largest absolute Gasteiger partial charge is 0.478 e. The van der Waals surface area contributed by atoms with Gasteiger partial charge in [0, 0.05) is 0 Å². The van der Waals surface area contributed by atoms with E-state index in [2.05, 4.69) is 16.0 Å². The highest BCUT2D eigenvalue weighted by Gasteiger charge is 2.19. The molecule has 0 amide bonds. The van der Waals surface area contributed by atoms with Gasteiger partial charge in [0.2, 0.25) is 0 Å². The Hall–Kier alpha value is -1.61. The lowest BCUT2D eigenvalue weighted by Crippen LogP contribution is -2.09. The van der Waals surface area contributed by atoms with Gasteiger partial charge < -0.3 is 5.11 Å². The smallest absolute Gasteiger partial charge is 0.340 e. The molecule has 0 aliphatic heterocycles. The summed E-state index contributed by atoms with van der Waals surface area (Å²) in [6, 6.07) is 2.26.